The lowest BCUT2D eigenvalue weighted by molar-refractivity contribution is -0.113. The summed E-state index contributed by atoms with van der Waals surface area (Å²) in [5.41, 5.74) is 1.61. The number of thioether (sulfide) groups is 1. The molecule has 0 radical (unpaired) electrons. The first-order valence-electron chi connectivity index (χ1n) is 7.79. The lowest BCUT2D eigenvalue weighted by Crippen LogP contribution is -2.15. The highest BCUT2D eigenvalue weighted by Crippen LogP contribution is 2.26. The number of hydrogen-bond acceptors (Lipinski definition) is 5. The number of nitrogens with one attached hydrogen (secondary N) is 1. The first-order chi connectivity index (χ1) is 12.6. The molecule has 0 unspecified atom stereocenters. The van der Waals surface area contributed by atoms with Crippen LogP contribution in [0, 0.1) is 0 Å². The van der Waals surface area contributed by atoms with Gasteiger partial charge in [-0.15, -0.1) is 10.2 Å². The van der Waals surface area contributed by atoms with E-state index in [1.807, 2.05) is 48.0 Å². The molecule has 0 fully saturated rings. The van der Waals surface area contributed by atoms with Gasteiger partial charge in [-0.1, -0.05) is 52.0 Å². The highest BCUT2D eigenvalue weighted by atomic mass is 79.9. The van der Waals surface area contributed by atoms with Gasteiger partial charge in [0.1, 0.15) is 5.75 Å². The Bertz CT molecular complexity index is 912. The van der Waals surface area contributed by atoms with E-state index >= 15 is 0 Å². The van der Waals surface area contributed by atoms with Gasteiger partial charge in [-0.2, -0.15) is 0 Å². The summed E-state index contributed by atoms with van der Waals surface area (Å²) in [7, 11) is 3.46. The van der Waals surface area contributed by atoms with E-state index in [1.165, 1.54) is 11.8 Å². The van der Waals surface area contributed by atoms with Gasteiger partial charge in [0.25, 0.3) is 0 Å². The Labute approximate surface area is 164 Å². The Morgan fingerprint density at radius 2 is 1.92 bits per heavy atom. The number of methoxy groups -OCH3 is 1. The van der Waals surface area contributed by atoms with Crippen LogP contribution >= 0.6 is 27.7 Å². The molecule has 8 heteroatoms. The predicted octanol–water partition coefficient (Wildman–Crippen LogP) is 3.98. The van der Waals surface area contributed by atoms with Crippen molar-refractivity contribution in [2.45, 2.75) is 5.16 Å². The van der Waals surface area contributed by atoms with Gasteiger partial charge in [-0.25, -0.2) is 0 Å². The van der Waals surface area contributed by atoms with Crippen LogP contribution in [0.2, 0.25) is 0 Å². The van der Waals surface area contributed by atoms with Crippen LogP contribution in [0.3, 0.4) is 0 Å². The van der Waals surface area contributed by atoms with Crippen LogP contribution in [0.15, 0.2) is 58.2 Å². The molecule has 26 heavy (non-hydrogen) atoms. The monoisotopic (exact) mass is 432 g/mol. The van der Waals surface area contributed by atoms with E-state index in [9.17, 15) is 4.79 Å². The maximum absolute atomic E-state index is 12.2. The van der Waals surface area contributed by atoms with Gasteiger partial charge in [-0.3, -0.25) is 4.79 Å². The molecule has 2 aromatic carbocycles. The molecule has 0 atom stereocenters. The van der Waals surface area contributed by atoms with Crippen LogP contribution < -0.4 is 10.1 Å². The van der Waals surface area contributed by atoms with Crippen molar-refractivity contribution in [1.82, 2.24) is 14.8 Å². The summed E-state index contributed by atoms with van der Waals surface area (Å²) in [6.07, 6.45) is 0. The van der Waals surface area contributed by atoms with E-state index < -0.39 is 0 Å². The molecular weight excluding hydrogens is 416 g/mol. The number of hydrogen-bond donors (Lipinski definition) is 1. The second-order valence-electron chi connectivity index (χ2n) is 5.41. The maximum Gasteiger partial charge on any atom is 0.234 e. The third-order valence-electron chi connectivity index (χ3n) is 3.65. The SMILES string of the molecule is COc1ccccc1NC(=O)CSc1nnc(-c2ccc(Br)cc2)n1C. The van der Waals surface area contributed by atoms with Gasteiger partial charge >= 0.3 is 0 Å². The van der Waals surface area contributed by atoms with Gasteiger partial charge in [0, 0.05) is 17.1 Å². The Hall–Kier alpha value is -2.32. The van der Waals surface area contributed by atoms with Crippen molar-refractivity contribution in [3.05, 3.63) is 53.0 Å². The Balaban J connectivity index is 1.65. The fourth-order valence-corrected chi connectivity index (χ4v) is 3.33. The summed E-state index contributed by atoms with van der Waals surface area (Å²) in [5, 5.41) is 11.9. The Morgan fingerprint density at radius 1 is 1.19 bits per heavy atom. The van der Waals surface area contributed by atoms with Crippen molar-refractivity contribution in [2.24, 2.45) is 7.05 Å². The summed E-state index contributed by atoms with van der Waals surface area (Å²) in [5.74, 6) is 1.48. The van der Waals surface area contributed by atoms with E-state index in [4.69, 9.17) is 4.74 Å². The molecule has 1 aromatic heterocycles. The number of aromatic nitrogens is 3. The summed E-state index contributed by atoms with van der Waals surface area (Å²) in [6.45, 7) is 0. The van der Waals surface area contributed by atoms with Crippen molar-refractivity contribution >= 4 is 39.3 Å². The molecular formula is C18H17BrN4O2S. The molecule has 0 saturated heterocycles. The standard InChI is InChI=1S/C18H17BrN4O2S/c1-23-17(12-7-9-13(19)10-8-12)21-22-18(23)26-11-16(24)20-14-5-3-4-6-15(14)25-2/h3-10H,11H2,1-2H3,(H,20,24). The Morgan fingerprint density at radius 3 is 2.65 bits per heavy atom. The highest BCUT2D eigenvalue weighted by molar-refractivity contribution is 9.10. The Kier molecular flexibility index (Phi) is 5.95. The van der Waals surface area contributed by atoms with Gasteiger partial charge in [0.05, 0.1) is 18.6 Å². The molecule has 0 spiro atoms. The number of rotatable bonds is 6. The van der Waals surface area contributed by atoms with Crippen molar-refractivity contribution in [2.75, 3.05) is 18.2 Å². The smallest absolute Gasteiger partial charge is 0.234 e. The number of benzene rings is 2. The summed E-state index contributed by atoms with van der Waals surface area (Å²) < 4.78 is 8.12. The lowest BCUT2D eigenvalue weighted by Gasteiger charge is -2.09. The van der Waals surface area contributed by atoms with E-state index in [1.54, 1.807) is 19.2 Å². The minimum atomic E-state index is -0.132. The van der Waals surface area contributed by atoms with Gasteiger partial charge in [0.15, 0.2) is 11.0 Å². The number of nitrogens with zero attached hydrogens (tertiary/aromatic N) is 3. The average Bonchev–Trinajstić information content (AvgIpc) is 3.02. The van der Waals surface area contributed by atoms with Crippen LogP contribution in [0.25, 0.3) is 11.4 Å². The minimum absolute atomic E-state index is 0.132. The second kappa shape index (κ2) is 8.37. The molecule has 6 nitrogen and oxygen atoms in total. The molecule has 1 N–H and O–H groups in total. The molecule has 0 aliphatic heterocycles. The molecule has 0 bridgehead atoms. The highest BCUT2D eigenvalue weighted by Gasteiger charge is 2.13. The van der Waals surface area contributed by atoms with Gasteiger partial charge in [-0.05, 0) is 24.3 Å². The molecule has 0 aliphatic carbocycles. The van der Waals surface area contributed by atoms with Gasteiger partial charge < -0.3 is 14.6 Å². The third-order valence-corrected chi connectivity index (χ3v) is 5.20. The third kappa shape index (κ3) is 4.25. The number of anilines is 1. The van der Waals surface area contributed by atoms with E-state index in [-0.39, 0.29) is 11.7 Å². The van der Waals surface area contributed by atoms with Crippen LogP contribution in [-0.4, -0.2) is 33.5 Å². The predicted molar refractivity (Wildman–Crippen MR) is 106 cm³/mol. The number of amides is 1. The average molecular weight is 433 g/mol. The second-order valence-corrected chi connectivity index (χ2v) is 7.27. The van der Waals surface area contributed by atoms with Crippen LogP contribution in [0.1, 0.15) is 0 Å². The van der Waals surface area contributed by atoms with E-state index in [2.05, 4.69) is 31.4 Å². The fourth-order valence-electron chi connectivity index (χ4n) is 2.36. The molecule has 0 aliphatic rings. The lowest BCUT2D eigenvalue weighted by atomic mass is 10.2. The zero-order chi connectivity index (χ0) is 18.5. The minimum Gasteiger partial charge on any atom is -0.495 e. The molecule has 3 rings (SSSR count). The van der Waals surface area contributed by atoms with Crippen molar-refractivity contribution in [1.29, 1.82) is 0 Å². The zero-order valence-corrected chi connectivity index (χ0v) is 16.7. The molecule has 3 aromatic rings. The number of halogens is 1. The van der Waals surface area contributed by atoms with Crippen molar-refractivity contribution in [3.8, 4) is 17.1 Å². The van der Waals surface area contributed by atoms with Crippen LogP contribution in [0.4, 0.5) is 5.69 Å². The van der Waals surface area contributed by atoms with E-state index in [0.717, 1.165) is 15.9 Å². The quantitative estimate of drug-likeness (QED) is 0.596. The molecule has 1 heterocycles. The molecule has 1 amide bonds. The number of carbonyl (C=O) groups is 1. The van der Waals surface area contributed by atoms with Crippen molar-refractivity contribution < 1.29 is 9.53 Å². The zero-order valence-electron chi connectivity index (χ0n) is 14.3. The normalized spacial score (nSPS) is 10.6. The summed E-state index contributed by atoms with van der Waals surface area (Å²) in [4.78, 5) is 12.2. The first kappa shape index (κ1) is 18.5. The molecule has 134 valence electrons. The summed E-state index contributed by atoms with van der Waals surface area (Å²) >= 11 is 4.75. The van der Waals surface area contributed by atoms with Crippen LogP contribution in [0.5, 0.6) is 5.75 Å². The fraction of sp³-hybridized carbons (Fsp3) is 0.167. The number of ether oxygens (including phenoxy) is 1. The van der Waals surface area contributed by atoms with Gasteiger partial charge in [0.2, 0.25) is 5.91 Å². The number of carbonyl (C=O) groups excluding carboxylic acids is 1. The van der Waals surface area contributed by atoms with E-state index in [0.29, 0.717) is 16.6 Å². The maximum atomic E-state index is 12.2. The van der Waals surface area contributed by atoms with Crippen LogP contribution in [-0.2, 0) is 11.8 Å². The summed E-state index contributed by atoms with van der Waals surface area (Å²) in [6, 6.07) is 15.2. The number of para-hydroxylation sites is 2. The van der Waals surface area contributed by atoms with Crippen molar-refractivity contribution in [3.63, 3.8) is 0 Å². The topological polar surface area (TPSA) is 69.0 Å². The largest absolute Gasteiger partial charge is 0.495 e. The molecule has 0 saturated carbocycles. The first-order valence-corrected chi connectivity index (χ1v) is 9.57.